The molecule has 0 aliphatic carbocycles. The van der Waals surface area contributed by atoms with Crippen molar-refractivity contribution >= 4 is 23.2 Å². The maximum atomic E-state index is 10.4. The average Bonchev–Trinajstić information content (AvgIpc) is 2.09. The maximum Gasteiger partial charge on any atom is 0.147 e. The van der Waals surface area contributed by atoms with Crippen LogP contribution in [-0.4, -0.2) is 4.84 Å². The lowest BCUT2D eigenvalue weighted by atomic mass is 10.1. The fraction of sp³-hybridized carbons (Fsp3) is 0.333. The average molecular weight is 218 g/mol. The molecular formula is C9H9Cl2NO. The second-order valence-electron chi connectivity index (χ2n) is 2.80. The molecule has 1 aromatic rings. The van der Waals surface area contributed by atoms with Gasteiger partial charge in [0.15, 0.2) is 0 Å². The van der Waals surface area contributed by atoms with Gasteiger partial charge in [-0.25, -0.2) is 0 Å². The van der Waals surface area contributed by atoms with E-state index in [0.29, 0.717) is 0 Å². The number of hydrogen-bond acceptors (Lipinski definition) is 2. The van der Waals surface area contributed by atoms with Crippen molar-refractivity contribution < 1.29 is 0 Å². The van der Waals surface area contributed by atoms with Crippen molar-refractivity contribution in [3.05, 3.63) is 40.3 Å². The molecule has 2 nitrogen and oxygen atoms in total. The van der Waals surface area contributed by atoms with Crippen LogP contribution in [0.1, 0.15) is 17.2 Å². The van der Waals surface area contributed by atoms with Crippen LogP contribution in [0.15, 0.2) is 29.4 Å². The number of aryl methyl sites for hydroxylation is 1. The second kappa shape index (κ2) is 4.58. The van der Waals surface area contributed by atoms with Crippen LogP contribution in [-0.2, 0) is 0 Å². The van der Waals surface area contributed by atoms with Crippen LogP contribution in [0.4, 0.5) is 0 Å². The van der Waals surface area contributed by atoms with Crippen molar-refractivity contribution in [1.29, 1.82) is 0 Å². The van der Waals surface area contributed by atoms with Crippen LogP contribution in [0.5, 0.6) is 0 Å². The normalized spacial score (nSPS) is 12.9. The van der Waals surface area contributed by atoms with E-state index in [1.807, 2.05) is 19.1 Å². The summed E-state index contributed by atoms with van der Waals surface area (Å²) in [4.78, 5) is 9.62. The molecule has 0 aromatic heterocycles. The van der Waals surface area contributed by atoms with Gasteiger partial charge in [-0.2, -0.15) is 4.91 Å². The van der Waals surface area contributed by atoms with E-state index >= 15 is 0 Å². The molecule has 1 aromatic carbocycles. The summed E-state index contributed by atoms with van der Waals surface area (Å²) in [7, 11) is 0. The van der Waals surface area contributed by atoms with Crippen molar-refractivity contribution in [2.24, 2.45) is 5.18 Å². The Labute approximate surface area is 86.8 Å². The second-order valence-corrected chi connectivity index (χ2v) is 3.96. The van der Waals surface area contributed by atoms with Gasteiger partial charge in [-0.1, -0.05) is 35.0 Å². The standard InChI is InChI=1S/C9H9Cl2NO/c1-6-2-4-7(5-3-6)8(12-13)9(10)11/h2-5,8-9H,1H3. The summed E-state index contributed by atoms with van der Waals surface area (Å²) in [6.07, 6.45) is 0. The molecule has 0 amide bonds. The molecular weight excluding hydrogens is 209 g/mol. The van der Waals surface area contributed by atoms with Gasteiger partial charge < -0.3 is 0 Å². The van der Waals surface area contributed by atoms with Gasteiger partial charge in [0.05, 0.1) is 0 Å². The molecule has 0 saturated carbocycles. The van der Waals surface area contributed by atoms with E-state index < -0.39 is 10.9 Å². The lowest BCUT2D eigenvalue weighted by Gasteiger charge is -2.09. The zero-order valence-corrected chi connectivity index (χ0v) is 8.59. The van der Waals surface area contributed by atoms with Crippen LogP contribution >= 0.6 is 23.2 Å². The van der Waals surface area contributed by atoms with E-state index in [4.69, 9.17) is 23.2 Å². The third-order valence-corrected chi connectivity index (χ3v) is 2.25. The number of nitroso groups, excluding NO2 is 1. The fourth-order valence-corrected chi connectivity index (χ4v) is 1.40. The smallest absolute Gasteiger partial charge is 0.147 e. The van der Waals surface area contributed by atoms with Crippen LogP contribution in [0.3, 0.4) is 0 Å². The Balaban J connectivity index is 2.92. The van der Waals surface area contributed by atoms with E-state index in [1.54, 1.807) is 12.1 Å². The van der Waals surface area contributed by atoms with E-state index in [9.17, 15) is 4.91 Å². The molecule has 0 bridgehead atoms. The first-order chi connectivity index (χ1) is 6.15. The van der Waals surface area contributed by atoms with Crippen LogP contribution in [0, 0.1) is 11.8 Å². The Bertz CT molecular complexity index is 284. The van der Waals surface area contributed by atoms with E-state index in [0.717, 1.165) is 11.1 Å². The minimum absolute atomic E-state index is 0.677. The number of rotatable bonds is 3. The maximum absolute atomic E-state index is 10.4. The summed E-state index contributed by atoms with van der Waals surface area (Å²) in [5, 5.41) is 2.87. The summed E-state index contributed by atoms with van der Waals surface area (Å²) in [6.45, 7) is 1.96. The molecule has 0 aliphatic rings. The molecule has 1 unspecified atom stereocenters. The van der Waals surface area contributed by atoms with Crippen LogP contribution in [0.2, 0.25) is 0 Å². The number of alkyl halides is 2. The van der Waals surface area contributed by atoms with Gasteiger partial charge in [0.2, 0.25) is 0 Å². The Morgan fingerprint density at radius 3 is 2.15 bits per heavy atom. The molecule has 0 spiro atoms. The SMILES string of the molecule is Cc1ccc(C(N=O)C(Cl)Cl)cc1. The Hall–Kier alpha value is -0.600. The third kappa shape index (κ3) is 2.68. The fourth-order valence-electron chi connectivity index (χ4n) is 1.02. The molecule has 0 saturated heterocycles. The van der Waals surface area contributed by atoms with Gasteiger partial charge in [-0.15, -0.1) is 23.2 Å². The van der Waals surface area contributed by atoms with Crippen molar-refractivity contribution in [2.75, 3.05) is 0 Å². The van der Waals surface area contributed by atoms with Crippen LogP contribution in [0.25, 0.3) is 0 Å². The predicted octanol–water partition coefficient (Wildman–Crippen LogP) is 3.61. The third-order valence-electron chi connectivity index (χ3n) is 1.77. The highest BCUT2D eigenvalue weighted by Gasteiger charge is 2.19. The van der Waals surface area contributed by atoms with Gasteiger partial charge in [0.25, 0.3) is 0 Å². The largest absolute Gasteiger partial charge is 0.150 e. The van der Waals surface area contributed by atoms with Gasteiger partial charge in [0.1, 0.15) is 10.9 Å². The topological polar surface area (TPSA) is 29.4 Å². The summed E-state index contributed by atoms with van der Waals surface area (Å²) in [5.74, 6) is 0. The Morgan fingerprint density at radius 2 is 1.77 bits per heavy atom. The molecule has 1 rings (SSSR count). The quantitative estimate of drug-likeness (QED) is 0.562. The highest BCUT2D eigenvalue weighted by molar-refractivity contribution is 6.44. The number of hydrogen-bond donors (Lipinski definition) is 0. The molecule has 0 N–H and O–H groups in total. The molecule has 4 heteroatoms. The number of halogens is 2. The van der Waals surface area contributed by atoms with Crippen molar-refractivity contribution in [3.63, 3.8) is 0 Å². The highest BCUT2D eigenvalue weighted by atomic mass is 35.5. The van der Waals surface area contributed by atoms with E-state index in [2.05, 4.69) is 5.18 Å². The minimum Gasteiger partial charge on any atom is -0.150 e. The van der Waals surface area contributed by atoms with Crippen molar-refractivity contribution in [3.8, 4) is 0 Å². The summed E-state index contributed by atoms with van der Waals surface area (Å²) < 4.78 is 0. The molecule has 0 aliphatic heterocycles. The van der Waals surface area contributed by atoms with Crippen molar-refractivity contribution in [1.82, 2.24) is 0 Å². The number of benzene rings is 1. The monoisotopic (exact) mass is 217 g/mol. The highest BCUT2D eigenvalue weighted by Crippen LogP contribution is 2.27. The molecule has 1 atom stereocenters. The molecule has 0 radical (unpaired) electrons. The van der Waals surface area contributed by atoms with Gasteiger partial charge >= 0.3 is 0 Å². The summed E-state index contributed by atoms with van der Waals surface area (Å²) in [6, 6.07) is 6.72. The Morgan fingerprint density at radius 1 is 1.23 bits per heavy atom. The lowest BCUT2D eigenvalue weighted by Crippen LogP contribution is -2.03. The van der Waals surface area contributed by atoms with E-state index in [1.165, 1.54) is 0 Å². The number of nitrogens with zero attached hydrogens (tertiary/aromatic N) is 1. The zero-order valence-electron chi connectivity index (χ0n) is 7.08. The van der Waals surface area contributed by atoms with Crippen molar-refractivity contribution in [2.45, 2.75) is 17.8 Å². The molecule has 70 valence electrons. The van der Waals surface area contributed by atoms with E-state index in [-0.39, 0.29) is 0 Å². The predicted molar refractivity (Wildman–Crippen MR) is 55.2 cm³/mol. The summed E-state index contributed by atoms with van der Waals surface area (Å²) >= 11 is 11.2. The van der Waals surface area contributed by atoms with Crippen LogP contribution < -0.4 is 0 Å². The lowest BCUT2D eigenvalue weighted by molar-refractivity contribution is 0.782. The first-order valence-corrected chi connectivity index (χ1v) is 4.69. The molecule has 0 heterocycles. The molecule has 13 heavy (non-hydrogen) atoms. The first kappa shape index (κ1) is 10.5. The van der Waals surface area contributed by atoms with Gasteiger partial charge in [-0.3, -0.25) is 0 Å². The zero-order chi connectivity index (χ0) is 9.84. The summed E-state index contributed by atoms with van der Waals surface area (Å²) in [5.41, 5.74) is 1.87. The minimum atomic E-state index is -0.791. The van der Waals surface area contributed by atoms with Gasteiger partial charge in [-0.05, 0) is 12.5 Å². The van der Waals surface area contributed by atoms with Gasteiger partial charge in [0, 0.05) is 0 Å². The molecule has 0 fully saturated rings. The first-order valence-electron chi connectivity index (χ1n) is 3.82. The Kier molecular flexibility index (Phi) is 3.70.